The van der Waals surface area contributed by atoms with Crippen LogP contribution in [0.4, 0.5) is 34.9 Å². The van der Waals surface area contributed by atoms with Crippen LogP contribution in [0.1, 0.15) is 0 Å². The first-order valence-corrected chi connectivity index (χ1v) is 11.7. The Morgan fingerprint density at radius 1 is 0.462 bits per heavy atom. The lowest BCUT2D eigenvalue weighted by atomic mass is 10.3. The molecule has 9 nitrogen and oxygen atoms in total. The largest absolute Gasteiger partial charge is 0.481 e. The molecule has 0 aliphatic rings. The summed E-state index contributed by atoms with van der Waals surface area (Å²) in [5, 5.41) is 9.57. The van der Waals surface area contributed by atoms with E-state index in [1.165, 1.54) is 0 Å². The monoisotopic (exact) mass is 516 g/mol. The number of hydrogen-bond donors (Lipinski definition) is 3. The maximum absolute atomic E-state index is 5.43. The van der Waals surface area contributed by atoms with Crippen molar-refractivity contribution >= 4 is 34.9 Å². The van der Waals surface area contributed by atoms with E-state index in [2.05, 4.69) is 48.7 Å². The molecule has 0 amide bonds. The number of rotatable bonds is 12. The standard InChI is InChI=1S/C30H24N6O3/c1-4-19-37-25-13-7-22(8-14-25)31-28-34-29(32-23-9-15-26(16-10-23)38-20-5-2)36-30(35-28)33-24-11-17-27(18-12-24)39-21-6-3/h1-3,7-18H,19-21H2,(H3,31,32,33,34,35,36). The first-order valence-electron chi connectivity index (χ1n) is 11.7. The van der Waals surface area contributed by atoms with Crippen LogP contribution >= 0.6 is 0 Å². The number of terminal acetylenes is 3. The van der Waals surface area contributed by atoms with Crippen molar-refractivity contribution in [2.45, 2.75) is 0 Å². The third-order valence-electron chi connectivity index (χ3n) is 4.93. The van der Waals surface area contributed by atoms with E-state index in [1.807, 2.05) is 36.4 Å². The number of benzene rings is 3. The highest BCUT2D eigenvalue weighted by Gasteiger charge is 2.09. The van der Waals surface area contributed by atoms with Crippen molar-refractivity contribution in [3.63, 3.8) is 0 Å². The number of anilines is 6. The van der Waals surface area contributed by atoms with Crippen LogP contribution in [0, 0.1) is 37.0 Å². The smallest absolute Gasteiger partial charge is 0.233 e. The fourth-order valence-electron chi connectivity index (χ4n) is 3.21. The van der Waals surface area contributed by atoms with Gasteiger partial charge in [0.05, 0.1) is 0 Å². The molecular weight excluding hydrogens is 492 g/mol. The molecule has 0 spiro atoms. The molecule has 4 rings (SSSR count). The van der Waals surface area contributed by atoms with E-state index in [1.54, 1.807) is 36.4 Å². The van der Waals surface area contributed by atoms with Crippen molar-refractivity contribution in [2.24, 2.45) is 0 Å². The van der Waals surface area contributed by atoms with Gasteiger partial charge >= 0.3 is 0 Å². The predicted octanol–water partition coefficient (Wildman–Crippen LogP) is 5.14. The van der Waals surface area contributed by atoms with E-state index in [-0.39, 0.29) is 19.8 Å². The molecule has 0 fully saturated rings. The predicted molar refractivity (Wildman–Crippen MR) is 152 cm³/mol. The maximum Gasteiger partial charge on any atom is 0.233 e. The van der Waals surface area contributed by atoms with E-state index < -0.39 is 0 Å². The summed E-state index contributed by atoms with van der Waals surface area (Å²) in [7, 11) is 0. The maximum atomic E-state index is 5.43. The van der Waals surface area contributed by atoms with E-state index in [9.17, 15) is 0 Å². The quantitative estimate of drug-likeness (QED) is 0.221. The van der Waals surface area contributed by atoms with Gasteiger partial charge in [-0.15, -0.1) is 19.3 Å². The van der Waals surface area contributed by atoms with Crippen LogP contribution in [-0.4, -0.2) is 34.8 Å². The van der Waals surface area contributed by atoms with Crippen LogP contribution < -0.4 is 30.2 Å². The van der Waals surface area contributed by atoms with Crippen LogP contribution in [0.2, 0.25) is 0 Å². The Bertz CT molecular complexity index is 1300. The Balaban J connectivity index is 1.55. The molecule has 9 heteroatoms. The van der Waals surface area contributed by atoms with Gasteiger partial charge in [0.25, 0.3) is 0 Å². The zero-order valence-electron chi connectivity index (χ0n) is 20.8. The average Bonchev–Trinajstić information content (AvgIpc) is 2.96. The molecule has 192 valence electrons. The summed E-state index contributed by atoms with van der Waals surface area (Å²) in [5.41, 5.74) is 2.24. The molecular formula is C30H24N6O3. The fourth-order valence-corrected chi connectivity index (χ4v) is 3.21. The molecule has 4 aromatic rings. The molecule has 39 heavy (non-hydrogen) atoms. The Hall–Kier alpha value is -5.85. The third kappa shape index (κ3) is 8.08. The zero-order valence-corrected chi connectivity index (χ0v) is 20.8. The summed E-state index contributed by atoms with van der Waals surface area (Å²) in [6, 6.07) is 21.8. The van der Waals surface area contributed by atoms with Crippen molar-refractivity contribution in [1.82, 2.24) is 15.0 Å². The minimum atomic E-state index is 0.193. The number of hydrogen-bond acceptors (Lipinski definition) is 9. The summed E-state index contributed by atoms with van der Waals surface area (Å²) >= 11 is 0. The molecule has 3 N–H and O–H groups in total. The van der Waals surface area contributed by atoms with Crippen LogP contribution in [0.5, 0.6) is 17.2 Å². The molecule has 0 atom stereocenters. The first kappa shape index (κ1) is 26.2. The molecule has 3 aromatic carbocycles. The molecule has 0 unspecified atom stereocenters. The van der Waals surface area contributed by atoms with Gasteiger partial charge < -0.3 is 30.2 Å². The highest BCUT2D eigenvalue weighted by atomic mass is 16.5. The molecule has 1 heterocycles. The highest BCUT2D eigenvalue weighted by Crippen LogP contribution is 2.24. The summed E-state index contributed by atoms with van der Waals surface area (Å²) in [5.74, 6) is 10.2. The Labute approximate surface area is 227 Å². The van der Waals surface area contributed by atoms with Gasteiger partial charge in [0, 0.05) is 17.1 Å². The van der Waals surface area contributed by atoms with Gasteiger partial charge in [-0.3, -0.25) is 0 Å². The molecule has 1 aromatic heterocycles. The van der Waals surface area contributed by atoms with Crippen LogP contribution in [-0.2, 0) is 0 Å². The summed E-state index contributed by atoms with van der Waals surface area (Å²) < 4.78 is 16.3. The van der Waals surface area contributed by atoms with Crippen molar-refractivity contribution in [1.29, 1.82) is 0 Å². The second kappa shape index (κ2) is 13.5. The normalized spacial score (nSPS) is 9.77. The summed E-state index contributed by atoms with van der Waals surface area (Å²) in [6.45, 7) is 0.578. The minimum absolute atomic E-state index is 0.193. The molecule has 0 radical (unpaired) electrons. The van der Waals surface area contributed by atoms with Gasteiger partial charge in [-0.25, -0.2) is 0 Å². The molecule has 0 saturated carbocycles. The fraction of sp³-hybridized carbons (Fsp3) is 0.100. The van der Waals surface area contributed by atoms with Gasteiger partial charge in [0.15, 0.2) is 0 Å². The van der Waals surface area contributed by atoms with Crippen molar-refractivity contribution in [3.05, 3.63) is 72.8 Å². The lowest BCUT2D eigenvalue weighted by Gasteiger charge is -2.12. The molecule has 0 bridgehead atoms. The van der Waals surface area contributed by atoms with Crippen LogP contribution in [0.25, 0.3) is 0 Å². The number of nitrogens with zero attached hydrogens (tertiary/aromatic N) is 3. The zero-order chi connectivity index (χ0) is 27.3. The first-order chi connectivity index (χ1) is 19.1. The number of nitrogens with one attached hydrogen (secondary N) is 3. The Kier molecular flexibility index (Phi) is 9.05. The number of ether oxygens (including phenoxy) is 3. The van der Waals surface area contributed by atoms with E-state index in [4.69, 9.17) is 33.5 Å². The van der Waals surface area contributed by atoms with E-state index >= 15 is 0 Å². The number of aromatic nitrogens is 3. The second-order valence-corrected chi connectivity index (χ2v) is 7.73. The van der Waals surface area contributed by atoms with E-state index in [0.29, 0.717) is 35.1 Å². The summed E-state index contributed by atoms with van der Waals surface area (Å²) in [4.78, 5) is 13.6. The molecule has 0 aliphatic carbocycles. The highest BCUT2D eigenvalue weighted by molar-refractivity contribution is 5.62. The Morgan fingerprint density at radius 3 is 0.949 bits per heavy atom. The van der Waals surface area contributed by atoms with Crippen LogP contribution in [0.3, 0.4) is 0 Å². The second-order valence-electron chi connectivity index (χ2n) is 7.73. The molecule has 0 aliphatic heterocycles. The third-order valence-corrected chi connectivity index (χ3v) is 4.93. The van der Waals surface area contributed by atoms with Crippen LogP contribution in [0.15, 0.2) is 72.8 Å². The van der Waals surface area contributed by atoms with E-state index in [0.717, 1.165) is 17.1 Å². The van der Waals surface area contributed by atoms with Gasteiger partial charge in [0.1, 0.15) is 37.1 Å². The van der Waals surface area contributed by atoms with Gasteiger partial charge in [0.2, 0.25) is 17.8 Å². The lowest BCUT2D eigenvalue weighted by Crippen LogP contribution is -2.07. The summed E-state index contributed by atoms with van der Waals surface area (Å²) in [6.07, 6.45) is 15.8. The van der Waals surface area contributed by atoms with Gasteiger partial charge in [-0.05, 0) is 72.8 Å². The van der Waals surface area contributed by atoms with Gasteiger partial charge in [-0.1, -0.05) is 17.8 Å². The van der Waals surface area contributed by atoms with Gasteiger partial charge in [-0.2, -0.15) is 15.0 Å². The lowest BCUT2D eigenvalue weighted by molar-refractivity contribution is 0.370. The topological polar surface area (TPSA) is 102 Å². The van der Waals surface area contributed by atoms with Crippen molar-refractivity contribution in [2.75, 3.05) is 35.8 Å². The minimum Gasteiger partial charge on any atom is -0.481 e. The average molecular weight is 517 g/mol. The molecule has 0 saturated heterocycles. The SMILES string of the molecule is C#CCOc1ccc(Nc2nc(Nc3ccc(OCC#C)cc3)nc(Nc3ccc(OCC#C)cc3)n2)cc1. The Morgan fingerprint density at radius 2 is 0.718 bits per heavy atom. The van der Waals surface area contributed by atoms with Crippen molar-refractivity contribution in [3.8, 4) is 54.3 Å². The van der Waals surface area contributed by atoms with Crippen molar-refractivity contribution < 1.29 is 14.2 Å².